The van der Waals surface area contributed by atoms with Crippen LogP contribution in [-0.4, -0.2) is 171 Å². The standard InChI is InChI=1S/C15H16N2O.C9H13NO2.C9H13NO.C9H13N.C8H10FN.4C8H11NO.3C8H11N.C6H13N.C5H11N/c1-16-11-12-7-9-14(10-8-12)17-15(18)13-5-3-2-4-6-13;1-10-9-6-4-3-5-8(9)7-12-11-2;1-10-7-8-3-5-9(11-2)6-4-8;1-3-10-9-7-5-4-6-8(9)2;1-10-6-7-2-4-8(9)5-3-7;1-9-7-3-5-8(10-2)6-4-7;1-9-7-4-3-5-8(6-7)10-2;2*1-9-7-5-3-4-6-8(7)10-2;1-7-3-5-8(9-2)6-4-7;1-7-4-3-5-8(6-7)9-2;1-9-7-8-5-3-2-4-6-8;1-7-5-3-2-4-6-7;1-6-4-5-2-3-5/h2-10,16H,11H2,1H3,(H,17,18);3-6,10H,7H2,1-2H3;3-6,10H,7H2,1-2H3;4-7,10H,3H2,1-2H3;2-5,10H,6H2,1H3;4*3-6,9H,1-2H3;2*3-6,9H,1-2H3;2-6,9H,7H2,1H3;2-6H2,1H3;5-6H,2-4H2,1H3. The van der Waals surface area contributed by atoms with E-state index in [0.29, 0.717) is 12.2 Å². The number of hydrogen-bond acceptors (Lipinski definition) is 22. The van der Waals surface area contributed by atoms with Gasteiger partial charge in [0.1, 0.15) is 41.2 Å². The SMILES string of the molecule is CCNc1ccccc1C.CN1CCCCC1.CNCC1CC1.CNCc1ccc(F)cc1.CNCc1ccc(NC(=O)c2ccccc2)cc1.CNCc1ccc(OC)cc1.CNCc1ccccc1.CNc1ccc(C)cc1.CNc1ccc(OC)cc1.CNc1cccc(C)c1.CNc1cccc(OC)c1.CNc1ccccc1COOC.CNc1ccccc1OC.CNc1ccccc1OC. The Labute approximate surface area is 845 Å². The van der Waals surface area contributed by atoms with E-state index in [2.05, 4.69) is 198 Å². The monoisotopic (exact) mass is 1930 g/mol. The Bertz CT molecular complexity index is 5050. The van der Waals surface area contributed by atoms with E-state index in [9.17, 15) is 9.18 Å². The molecular weight excluding hydrogens is 1760 g/mol. The van der Waals surface area contributed by atoms with E-state index in [4.69, 9.17) is 28.6 Å². The Hall–Kier alpha value is -13.7. The molecule has 0 aromatic heterocycles. The highest BCUT2D eigenvalue weighted by Gasteiger charge is 2.19. The molecule has 23 nitrogen and oxygen atoms in total. The van der Waals surface area contributed by atoms with Crippen LogP contribution in [0.1, 0.15) is 93.9 Å². The lowest BCUT2D eigenvalue weighted by Gasteiger charge is -2.20. The van der Waals surface area contributed by atoms with Crippen molar-refractivity contribution in [1.29, 1.82) is 0 Å². The summed E-state index contributed by atoms with van der Waals surface area (Å²) in [5.74, 6) is 5.21. The molecule has 1 amide bonds. The predicted octanol–water partition coefficient (Wildman–Crippen LogP) is 24.0. The molecule has 1 aliphatic carbocycles. The maximum absolute atomic E-state index is 12.3. The second-order valence-electron chi connectivity index (χ2n) is 31.7. The van der Waals surface area contributed by atoms with E-state index in [1.165, 1.54) is 121 Å². The maximum Gasteiger partial charge on any atom is 0.255 e. The van der Waals surface area contributed by atoms with Crippen molar-refractivity contribution < 1.29 is 42.6 Å². The number of anilines is 9. The highest BCUT2D eigenvalue weighted by atomic mass is 19.1. The summed E-state index contributed by atoms with van der Waals surface area (Å²) in [7, 11) is 34.9. The maximum atomic E-state index is 12.3. The van der Waals surface area contributed by atoms with Gasteiger partial charge in [-0.3, -0.25) is 4.79 Å². The summed E-state index contributed by atoms with van der Waals surface area (Å²) in [5.41, 5.74) is 20.2. The third-order valence-corrected chi connectivity index (χ3v) is 20.7. The van der Waals surface area contributed by atoms with Crippen LogP contribution < -0.4 is 98.1 Å². The Morgan fingerprint density at radius 1 is 0.348 bits per heavy atom. The highest BCUT2D eigenvalue weighted by Crippen LogP contribution is 2.28. The van der Waals surface area contributed by atoms with Crippen LogP contribution >= 0.6 is 0 Å². The molecule has 13 aromatic carbocycles. The fourth-order valence-electron chi connectivity index (χ4n) is 12.7. The highest BCUT2D eigenvalue weighted by molar-refractivity contribution is 6.04. The molecule has 2 aliphatic rings. The van der Waals surface area contributed by atoms with Crippen LogP contribution in [-0.2, 0) is 42.6 Å². The number of para-hydroxylation sites is 6. The lowest BCUT2D eigenvalue weighted by molar-refractivity contribution is -0.282. The second kappa shape index (κ2) is 81.2. The summed E-state index contributed by atoms with van der Waals surface area (Å²) in [4.78, 5) is 23.6. The molecule has 24 heteroatoms. The minimum absolute atomic E-state index is 0.0861. The lowest BCUT2D eigenvalue weighted by atomic mass is 10.1. The van der Waals surface area contributed by atoms with Crippen LogP contribution in [0, 0.1) is 32.5 Å². The predicted molar refractivity (Wildman–Crippen MR) is 600 cm³/mol. The molecule has 0 bridgehead atoms. The van der Waals surface area contributed by atoms with Crippen molar-refractivity contribution in [3.8, 4) is 28.7 Å². The van der Waals surface area contributed by atoms with Crippen molar-refractivity contribution in [3.05, 3.63) is 383 Å². The number of halogens is 1. The minimum atomic E-state index is -0.181. The third-order valence-electron chi connectivity index (χ3n) is 20.7. The third kappa shape index (κ3) is 59.4. The molecule has 13 aromatic rings. The van der Waals surface area contributed by atoms with Crippen molar-refractivity contribution in [3.63, 3.8) is 0 Å². The van der Waals surface area contributed by atoms with Crippen molar-refractivity contribution in [1.82, 2.24) is 31.5 Å². The normalized spacial score (nSPS) is 10.7. The molecule has 14 N–H and O–H groups in total. The first kappa shape index (κ1) is 123. The Kier molecular flexibility index (Phi) is 71.1. The molecular formula is C117H166FN15O8. The van der Waals surface area contributed by atoms with E-state index in [1.807, 2.05) is 297 Å². The van der Waals surface area contributed by atoms with Crippen LogP contribution in [0.4, 0.5) is 55.6 Å². The van der Waals surface area contributed by atoms with Gasteiger partial charge in [-0.1, -0.05) is 188 Å². The number of nitrogens with zero attached hydrogens (tertiary/aromatic N) is 1. The summed E-state index contributed by atoms with van der Waals surface area (Å²) >= 11 is 0. The molecule has 0 radical (unpaired) electrons. The first-order chi connectivity index (χ1) is 68.6. The number of carbonyl (C=O) groups excluding carboxylic acids is 1. The minimum Gasteiger partial charge on any atom is -0.497 e. The van der Waals surface area contributed by atoms with Crippen LogP contribution in [0.15, 0.2) is 328 Å². The fourth-order valence-corrected chi connectivity index (χ4v) is 12.7. The fraction of sp³-hybridized carbons (Fsp3) is 0.325. The van der Waals surface area contributed by atoms with E-state index < -0.39 is 0 Å². The molecule has 0 atom stereocenters. The molecule has 0 spiro atoms. The van der Waals surface area contributed by atoms with Gasteiger partial charge in [0.25, 0.3) is 5.91 Å². The topological polar surface area (TPSA) is 253 Å². The van der Waals surface area contributed by atoms with Crippen molar-refractivity contribution in [2.24, 2.45) is 5.92 Å². The van der Waals surface area contributed by atoms with E-state index in [-0.39, 0.29) is 11.7 Å². The zero-order valence-corrected chi connectivity index (χ0v) is 88.2. The van der Waals surface area contributed by atoms with Gasteiger partial charge in [0, 0.05) is 139 Å². The number of hydrogen-bond donors (Lipinski definition) is 14. The number of carbonyl (C=O) groups is 1. The Morgan fingerprint density at radius 2 is 0.745 bits per heavy atom. The molecule has 1 heterocycles. The average molecular weight is 1930 g/mol. The largest absolute Gasteiger partial charge is 0.497 e. The van der Waals surface area contributed by atoms with E-state index >= 15 is 0 Å². The summed E-state index contributed by atoms with van der Waals surface area (Å²) in [6.45, 7) is 17.2. The van der Waals surface area contributed by atoms with E-state index in [1.54, 1.807) is 59.8 Å². The number of piperidine rings is 1. The zero-order chi connectivity index (χ0) is 104. The number of aryl methyl sites for hydroxylation is 3. The van der Waals surface area contributed by atoms with Crippen LogP contribution in [0.25, 0.3) is 0 Å². The molecule has 15 rings (SSSR count). The summed E-state index contributed by atoms with van der Waals surface area (Å²) in [5, 5.41) is 42.8. The summed E-state index contributed by atoms with van der Waals surface area (Å²) in [6, 6.07) is 106. The van der Waals surface area contributed by atoms with Gasteiger partial charge in [0.2, 0.25) is 0 Å². The van der Waals surface area contributed by atoms with Crippen LogP contribution in [0.2, 0.25) is 0 Å². The number of nitrogens with one attached hydrogen (secondary N) is 14. The van der Waals surface area contributed by atoms with Gasteiger partial charge in [0.15, 0.2) is 0 Å². The van der Waals surface area contributed by atoms with Gasteiger partial charge < -0.3 is 103 Å². The van der Waals surface area contributed by atoms with Crippen molar-refractivity contribution >= 4 is 57.1 Å². The molecule has 1 saturated heterocycles. The number of amides is 1. The van der Waals surface area contributed by atoms with Gasteiger partial charge in [-0.15, -0.1) is 0 Å². The first-order valence-corrected chi connectivity index (χ1v) is 47.8. The number of methoxy groups -OCH3 is 5. The number of rotatable bonds is 29. The summed E-state index contributed by atoms with van der Waals surface area (Å²) in [6.07, 6.45) is 7.19. The Morgan fingerprint density at radius 3 is 1.13 bits per heavy atom. The molecule has 0 unspecified atom stereocenters. The van der Waals surface area contributed by atoms with E-state index in [0.717, 1.165) is 113 Å². The van der Waals surface area contributed by atoms with Crippen LogP contribution in [0.3, 0.4) is 0 Å². The quantitative estimate of drug-likeness (QED) is 0.0154. The van der Waals surface area contributed by atoms with Gasteiger partial charge in [-0.05, 0) is 300 Å². The number of ether oxygens (including phenoxy) is 5. The molecule has 1 saturated carbocycles. The first-order valence-electron chi connectivity index (χ1n) is 47.8. The lowest BCUT2D eigenvalue weighted by Crippen LogP contribution is -2.24. The van der Waals surface area contributed by atoms with Gasteiger partial charge in [-0.25, -0.2) is 14.2 Å². The van der Waals surface area contributed by atoms with Crippen molar-refractivity contribution in [2.75, 3.05) is 208 Å². The molecule has 2 fully saturated rings. The van der Waals surface area contributed by atoms with Gasteiger partial charge >= 0.3 is 0 Å². The van der Waals surface area contributed by atoms with Crippen LogP contribution in [0.5, 0.6) is 28.7 Å². The zero-order valence-electron chi connectivity index (χ0n) is 88.2. The molecule has 141 heavy (non-hydrogen) atoms. The molecule has 1 aliphatic heterocycles. The molecule has 764 valence electrons. The smallest absolute Gasteiger partial charge is 0.255 e. The Balaban J connectivity index is 0.000000517. The van der Waals surface area contributed by atoms with Crippen molar-refractivity contribution in [2.45, 2.75) is 92.6 Å². The van der Waals surface area contributed by atoms with Gasteiger partial charge in [0.05, 0.1) is 54.0 Å². The summed E-state index contributed by atoms with van der Waals surface area (Å²) < 4.78 is 37.5. The number of likely N-dealkylation sites (tertiary alicyclic amines) is 1. The average Bonchev–Trinajstić information content (AvgIpc) is 1.84. The second-order valence-corrected chi connectivity index (χ2v) is 31.7. The van der Waals surface area contributed by atoms with Gasteiger partial charge in [-0.2, -0.15) is 0 Å². The number of benzene rings is 13.